The lowest BCUT2D eigenvalue weighted by atomic mass is 9.97. The zero-order valence-electron chi connectivity index (χ0n) is 22.6. The average molecular weight is 558 g/mol. The summed E-state index contributed by atoms with van der Waals surface area (Å²) in [6.45, 7) is 9.56. The molecule has 208 valence electrons. The molecule has 2 heterocycles. The van der Waals surface area contributed by atoms with Gasteiger partial charge in [-0.3, -0.25) is 9.69 Å². The first kappa shape index (κ1) is 28.2. The summed E-state index contributed by atoms with van der Waals surface area (Å²) in [6, 6.07) is 10.0. The molecule has 0 radical (unpaired) electrons. The van der Waals surface area contributed by atoms with Crippen LogP contribution in [0.5, 0.6) is 11.5 Å². The van der Waals surface area contributed by atoms with Crippen molar-refractivity contribution < 1.29 is 33.4 Å². The number of fused-ring (bicyclic) bond motifs is 1. The zero-order chi connectivity index (χ0) is 28.3. The Kier molecular flexibility index (Phi) is 8.34. The Labute approximate surface area is 231 Å². The molecule has 0 saturated heterocycles. The highest BCUT2D eigenvalue weighted by atomic mass is 35.5. The molecule has 11 heteroatoms. The summed E-state index contributed by atoms with van der Waals surface area (Å²) in [6.07, 6.45) is -0.530. The standard InChI is InChI=1S/C28H32ClN3O7/c1-16(2)37-22-11-9-17(15-20(22)29)26-30-25(31-39-26)19-8-6-7-18-21(10-12-23(33)34)32(13-14-36-24(18)19)27(35)38-28(3,4)5/h6-9,11,15-16,21H,10,12-14H2,1-5H3,(H,33,34). The molecule has 10 nitrogen and oxygen atoms in total. The fraction of sp³-hybridized carbons (Fsp3) is 0.429. The number of nitrogens with zero attached hydrogens (tertiary/aromatic N) is 3. The molecule has 1 unspecified atom stereocenters. The quantitative estimate of drug-likeness (QED) is 0.352. The Balaban J connectivity index is 1.69. The lowest BCUT2D eigenvalue weighted by molar-refractivity contribution is -0.137. The normalized spacial score (nSPS) is 15.4. The predicted molar refractivity (Wildman–Crippen MR) is 144 cm³/mol. The van der Waals surface area contributed by atoms with E-state index in [2.05, 4.69) is 10.1 Å². The number of para-hydroxylation sites is 1. The maximum Gasteiger partial charge on any atom is 0.410 e. The van der Waals surface area contributed by atoms with Crippen LogP contribution in [0.4, 0.5) is 4.79 Å². The topological polar surface area (TPSA) is 124 Å². The number of benzene rings is 2. The number of aliphatic carboxylic acids is 1. The molecule has 1 aliphatic heterocycles. The van der Waals surface area contributed by atoms with Gasteiger partial charge in [-0.05, 0) is 65.3 Å². The minimum Gasteiger partial charge on any atom is -0.491 e. The second-order valence-corrected chi connectivity index (χ2v) is 10.8. The highest BCUT2D eigenvalue weighted by Gasteiger charge is 2.35. The third-order valence-corrected chi connectivity index (χ3v) is 6.12. The van der Waals surface area contributed by atoms with Gasteiger partial charge in [-0.2, -0.15) is 4.98 Å². The van der Waals surface area contributed by atoms with Gasteiger partial charge in [0.05, 0.1) is 29.3 Å². The molecule has 1 N–H and O–H groups in total. The van der Waals surface area contributed by atoms with E-state index >= 15 is 0 Å². The summed E-state index contributed by atoms with van der Waals surface area (Å²) < 4.78 is 23.0. The summed E-state index contributed by atoms with van der Waals surface area (Å²) in [7, 11) is 0. The van der Waals surface area contributed by atoms with Gasteiger partial charge in [0.2, 0.25) is 5.82 Å². The van der Waals surface area contributed by atoms with E-state index in [1.165, 1.54) is 4.90 Å². The molecule has 39 heavy (non-hydrogen) atoms. The van der Waals surface area contributed by atoms with Gasteiger partial charge in [0.15, 0.2) is 0 Å². The smallest absolute Gasteiger partial charge is 0.410 e. The van der Waals surface area contributed by atoms with E-state index in [-0.39, 0.29) is 43.8 Å². The minimum atomic E-state index is -0.965. The van der Waals surface area contributed by atoms with Crippen molar-refractivity contribution in [3.8, 4) is 34.3 Å². The van der Waals surface area contributed by atoms with E-state index in [1.807, 2.05) is 19.9 Å². The van der Waals surface area contributed by atoms with Crippen molar-refractivity contribution in [1.29, 1.82) is 0 Å². The first-order chi connectivity index (χ1) is 18.4. The Morgan fingerprint density at radius 2 is 2.00 bits per heavy atom. The number of carboxylic acid groups (broad SMARTS) is 1. The third-order valence-electron chi connectivity index (χ3n) is 5.83. The van der Waals surface area contributed by atoms with Crippen LogP contribution in [0.25, 0.3) is 22.8 Å². The number of carboxylic acids is 1. The molecule has 0 aliphatic carbocycles. The molecule has 4 rings (SSSR count). The lowest BCUT2D eigenvalue weighted by Gasteiger charge is -2.32. The molecule has 1 atom stereocenters. The monoisotopic (exact) mass is 557 g/mol. The molecule has 1 aromatic heterocycles. The number of hydrogen-bond acceptors (Lipinski definition) is 8. The fourth-order valence-electron chi connectivity index (χ4n) is 4.27. The summed E-state index contributed by atoms with van der Waals surface area (Å²) in [5.74, 6) is 0.590. The third kappa shape index (κ3) is 6.81. The van der Waals surface area contributed by atoms with E-state index in [4.69, 9.17) is 30.3 Å². The number of aromatic nitrogens is 2. The largest absolute Gasteiger partial charge is 0.491 e. The van der Waals surface area contributed by atoms with E-state index in [0.717, 1.165) is 0 Å². The second-order valence-electron chi connectivity index (χ2n) is 10.4. The number of ether oxygens (including phenoxy) is 3. The fourth-order valence-corrected chi connectivity index (χ4v) is 4.49. The molecular weight excluding hydrogens is 526 g/mol. The van der Waals surface area contributed by atoms with Crippen molar-refractivity contribution in [2.45, 2.75) is 65.2 Å². The molecule has 0 spiro atoms. The van der Waals surface area contributed by atoms with Crippen molar-refractivity contribution in [3.05, 3.63) is 47.0 Å². The van der Waals surface area contributed by atoms with Crippen molar-refractivity contribution in [2.24, 2.45) is 0 Å². The maximum absolute atomic E-state index is 13.1. The summed E-state index contributed by atoms with van der Waals surface area (Å²) >= 11 is 6.39. The number of rotatable bonds is 7. The van der Waals surface area contributed by atoms with Crippen LogP contribution in [0.3, 0.4) is 0 Å². The predicted octanol–water partition coefficient (Wildman–Crippen LogP) is 6.38. The SMILES string of the molecule is CC(C)Oc1ccc(-c2nc(-c3cccc4c3OCCN(C(=O)OC(C)(C)C)C4CCC(=O)O)no2)cc1Cl. The van der Waals surface area contributed by atoms with Gasteiger partial charge in [0.25, 0.3) is 5.89 Å². The highest BCUT2D eigenvalue weighted by Crippen LogP contribution is 2.42. The van der Waals surface area contributed by atoms with Gasteiger partial charge in [-0.25, -0.2) is 4.79 Å². The van der Waals surface area contributed by atoms with Crippen molar-refractivity contribution in [2.75, 3.05) is 13.2 Å². The van der Waals surface area contributed by atoms with Crippen LogP contribution in [-0.2, 0) is 9.53 Å². The number of carbonyl (C=O) groups is 2. The van der Waals surface area contributed by atoms with Gasteiger partial charge in [0.1, 0.15) is 23.7 Å². The molecule has 0 bridgehead atoms. The van der Waals surface area contributed by atoms with Crippen LogP contribution in [0, 0.1) is 0 Å². The summed E-state index contributed by atoms with van der Waals surface area (Å²) in [4.78, 5) is 30.6. The van der Waals surface area contributed by atoms with Crippen LogP contribution in [0.15, 0.2) is 40.9 Å². The molecule has 2 aromatic carbocycles. The van der Waals surface area contributed by atoms with Crippen LogP contribution < -0.4 is 9.47 Å². The number of hydrogen-bond donors (Lipinski definition) is 1. The van der Waals surface area contributed by atoms with Gasteiger partial charge < -0.3 is 23.8 Å². The van der Waals surface area contributed by atoms with Crippen molar-refractivity contribution in [1.82, 2.24) is 15.0 Å². The molecule has 0 fully saturated rings. The molecule has 1 aliphatic rings. The van der Waals surface area contributed by atoms with Gasteiger partial charge in [0, 0.05) is 17.5 Å². The molecule has 3 aromatic rings. The number of amides is 1. The first-order valence-electron chi connectivity index (χ1n) is 12.7. The Bertz CT molecular complexity index is 1350. The Morgan fingerprint density at radius 1 is 1.23 bits per heavy atom. The van der Waals surface area contributed by atoms with Crippen molar-refractivity contribution >= 4 is 23.7 Å². The van der Waals surface area contributed by atoms with Crippen LogP contribution in [0.1, 0.15) is 59.1 Å². The van der Waals surface area contributed by atoms with E-state index in [0.29, 0.717) is 33.2 Å². The molecular formula is C28H32ClN3O7. The molecule has 0 saturated carbocycles. The van der Waals surface area contributed by atoms with Gasteiger partial charge >= 0.3 is 12.1 Å². The number of halogens is 1. The summed E-state index contributed by atoms with van der Waals surface area (Å²) in [5, 5.41) is 14.0. The Morgan fingerprint density at radius 3 is 2.67 bits per heavy atom. The van der Waals surface area contributed by atoms with E-state index < -0.39 is 23.7 Å². The van der Waals surface area contributed by atoms with Crippen LogP contribution in [-0.4, -0.2) is 57.1 Å². The van der Waals surface area contributed by atoms with Crippen LogP contribution in [0.2, 0.25) is 5.02 Å². The zero-order valence-corrected chi connectivity index (χ0v) is 23.3. The highest BCUT2D eigenvalue weighted by molar-refractivity contribution is 6.32. The van der Waals surface area contributed by atoms with Gasteiger partial charge in [-0.15, -0.1) is 0 Å². The minimum absolute atomic E-state index is 0.0257. The van der Waals surface area contributed by atoms with E-state index in [1.54, 1.807) is 51.1 Å². The van der Waals surface area contributed by atoms with Crippen LogP contribution >= 0.6 is 11.6 Å². The van der Waals surface area contributed by atoms with Gasteiger partial charge in [-0.1, -0.05) is 28.9 Å². The van der Waals surface area contributed by atoms with E-state index in [9.17, 15) is 14.7 Å². The number of carbonyl (C=O) groups excluding carboxylic acids is 1. The Hall–Kier alpha value is -3.79. The average Bonchev–Trinajstić information content (AvgIpc) is 3.25. The molecule has 1 amide bonds. The second kappa shape index (κ2) is 11.5. The summed E-state index contributed by atoms with van der Waals surface area (Å²) in [5.41, 5.74) is 1.10. The first-order valence-corrected chi connectivity index (χ1v) is 13.1. The lowest BCUT2D eigenvalue weighted by Crippen LogP contribution is -2.40. The maximum atomic E-state index is 13.1. The van der Waals surface area contributed by atoms with Crippen molar-refractivity contribution in [3.63, 3.8) is 0 Å².